The van der Waals surface area contributed by atoms with Crippen molar-refractivity contribution < 1.29 is 26.6 Å². The number of nitrogens with zero attached hydrogens (tertiary/aromatic N) is 4. The lowest BCUT2D eigenvalue weighted by molar-refractivity contribution is -0.156. The number of hydrogen-bond donors (Lipinski definition) is 0. The van der Waals surface area contributed by atoms with E-state index in [-0.39, 0.29) is 18.5 Å². The summed E-state index contributed by atoms with van der Waals surface area (Å²) in [5, 5.41) is 6.49. The largest absolute Gasteiger partial charge is 0.470 e. The van der Waals surface area contributed by atoms with Gasteiger partial charge < -0.3 is 9.32 Å². The first kappa shape index (κ1) is 23.4. The number of halogens is 4. The van der Waals surface area contributed by atoms with E-state index in [4.69, 9.17) is 4.42 Å². The molecular formula is C21H18BrF3N4O3S. The minimum absolute atomic E-state index is 0.208. The van der Waals surface area contributed by atoms with Gasteiger partial charge in [0, 0.05) is 51.1 Å². The van der Waals surface area contributed by atoms with E-state index in [2.05, 4.69) is 26.1 Å². The van der Waals surface area contributed by atoms with Crippen molar-refractivity contribution in [3.05, 3.63) is 64.5 Å². The van der Waals surface area contributed by atoms with E-state index >= 15 is 0 Å². The van der Waals surface area contributed by atoms with Crippen molar-refractivity contribution in [1.82, 2.24) is 15.1 Å². The first-order valence-corrected chi connectivity index (χ1v) is 12.2. The van der Waals surface area contributed by atoms with Gasteiger partial charge in [-0.2, -0.15) is 13.2 Å². The molecule has 174 valence electrons. The van der Waals surface area contributed by atoms with Crippen LogP contribution in [0.5, 0.6) is 0 Å². The molecule has 1 saturated heterocycles. The van der Waals surface area contributed by atoms with Crippen molar-refractivity contribution in [1.29, 1.82) is 0 Å². The minimum atomic E-state index is -4.71. The van der Waals surface area contributed by atoms with E-state index in [0.717, 1.165) is 10.0 Å². The molecule has 0 unspecified atom stereocenters. The Labute approximate surface area is 198 Å². The molecule has 1 fully saturated rings. The van der Waals surface area contributed by atoms with E-state index in [0.29, 0.717) is 35.8 Å². The summed E-state index contributed by atoms with van der Waals surface area (Å²) < 4.78 is 55.3. The van der Waals surface area contributed by atoms with Gasteiger partial charge in [-0.25, -0.2) is 4.79 Å². The molecule has 2 amide bonds. The van der Waals surface area contributed by atoms with Gasteiger partial charge in [-0.05, 0) is 35.9 Å². The highest BCUT2D eigenvalue weighted by Crippen LogP contribution is 2.30. The third-order valence-corrected chi connectivity index (χ3v) is 6.78. The first-order chi connectivity index (χ1) is 15.7. The summed E-state index contributed by atoms with van der Waals surface area (Å²) in [6, 6.07) is 13.6. The van der Waals surface area contributed by atoms with E-state index < -0.39 is 22.9 Å². The summed E-state index contributed by atoms with van der Waals surface area (Å²) >= 11 is 3.43. The second-order valence-corrected chi connectivity index (χ2v) is 9.90. The molecule has 0 bridgehead atoms. The number of carbonyl (C=O) groups is 1. The van der Waals surface area contributed by atoms with E-state index in [9.17, 15) is 22.2 Å². The van der Waals surface area contributed by atoms with Crippen LogP contribution >= 0.6 is 15.9 Å². The molecule has 33 heavy (non-hydrogen) atoms. The molecular weight excluding hydrogens is 525 g/mol. The van der Waals surface area contributed by atoms with Crippen LogP contribution in [0.15, 0.2) is 57.4 Å². The third kappa shape index (κ3) is 5.61. The first-order valence-electron chi connectivity index (χ1n) is 9.88. The fraction of sp³-hybridized carbons (Fsp3) is 0.286. The molecule has 12 heteroatoms. The number of anilines is 1. The molecule has 4 rings (SSSR count). The quantitative estimate of drug-likeness (QED) is 0.477. The highest BCUT2D eigenvalue weighted by molar-refractivity contribution is 9.10. The minimum Gasteiger partial charge on any atom is -0.413 e. The summed E-state index contributed by atoms with van der Waals surface area (Å²) in [4.78, 5) is 16.6. The van der Waals surface area contributed by atoms with Gasteiger partial charge in [-0.15, -0.1) is 10.2 Å². The Bertz CT molecular complexity index is 1160. The molecule has 0 spiro atoms. The van der Waals surface area contributed by atoms with Gasteiger partial charge in [0.25, 0.3) is 0 Å². The van der Waals surface area contributed by atoms with Gasteiger partial charge in [-0.1, -0.05) is 34.1 Å². The molecule has 3 aromatic rings. The highest BCUT2D eigenvalue weighted by Gasteiger charge is 2.38. The number of amides is 2. The fourth-order valence-corrected chi connectivity index (χ4v) is 4.74. The van der Waals surface area contributed by atoms with E-state index in [1.165, 1.54) is 0 Å². The van der Waals surface area contributed by atoms with Gasteiger partial charge in [0.1, 0.15) is 0 Å². The van der Waals surface area contributed by atoms with E-state index in [1.54, 1.807) is 34.1 Å². The van der Waals surface area contributed by atoms with Crippen LogP contribution in [-0.4, -0.2) is 49.9 Å². The lowest BCUT2D eigenvalue weighted by Gasteiger charge is -2.33. The molecule has 1 aromatic heterocycles. The maximum absolute atomic E-state index is 13.3. The van der Waals surface area contributed by atoms with Crippen molar-refractivity contribution in [2.75, 3.05) is 29.5 Å². The molecule has 2 heterocycles. The average molecular weight is 543 g/mol. The van der Waals surface area contributed by atoms with Crippen LogP contribution in [0.2, 0.25) is 0 Å². The summed E-state index contributed by atoms with van der Waals surface area (Å²) in [7, 11) is -0.912. The monoisotopic (exact) mass is 542 g/mol. The zero-order valence-corrected chi connectivity index (χ0v) is 19.5. The highest BCUT2D eigenvalue weighted by atomic mass is 79.9. The number of rotatable bonds is 4. The van der Waals surface area contributed by atoms with Gasteiger partial charge >= 0.3 is 18.1 Å². The van der Waals surface area contributed by atoms with Crippen LogP contribution in [0.4, 0.5) is 23.7 Å². The molecule has 0 N–H and O–H groups in total. The van der Waals surface area contributed by atoms with Crippen LogP contribution < -0.4 is 4.90 Å². The molecule has 1 aliphatic heterocycles. The molecule has 0 atom stereocenters. The Morgan fingerprint density at radius 2 is 1.82 bits per heavy atom. The third-order valence-electron chi connectivity index (χ3n) is 5.01. The van der Waals surface area contributed by atoms with Crippen molar-refractivity contribution in [3.63, 3.8) is 0 Å². The Morgan fingerprint density at radius 3 is 2.42 bits per heavy atom. The van der Waals surface area contributed by atoms with Crippen molar-refractivity contribution in [2.24, 2.45) is 0 Å². The molecule has 0 saturated carbocycles. The molecule has 7 nitrogen and oxygen atoms in total. The summed E-state index contributed by atoms with van der Waals surface area (Å²) in [5.74, 6) is -0.765. The summed E-state index contributed by atoms with van der Waals surface area (Å²) in [6.45, 7) is 1.05. The number of alkyl halides is 3. The topological polar surface area (TPSA) is 79.5 Å². The maximum Gasteiger partial charge on any atom is 0.470 e. The number of aromatic nitrogens is 2. The number of hydrogen-bond acceptors (Lipinski definition) is 5. The molecule has 0 aliphatic carbocycles. The lowest BCUT2D eigenvalue weighted by atomic mass is 10.1. The maximum atomic E-state index is 13.3. The van der Waals surface area contributed by atoms with Gasteiger partial charge in [-0.3, -0.25) is 9.11 Å². The average Bonchev–Trinajstić information content (AvgIpc) is 3.29. The second kappa shape index (κ2) is 9.64. The summed E-state index contributed by atoms with van der Waals surface area (Å²) in [5.41, 5.74) is 1.76. The molecule has 1 aliphatic rings. The Balaban J connectivity index is 1.56. The number of urea groups is 1. The van der Waals surface area contributed by atoms with Crippen LogP contribution in [-0.2, 0) is 23.5 Å². The predicted molar refractivity (Wildman–Crippen MR) is 120 cm³/mol. The van der Waals surface area contributed by atoms with Gasteiger partial charge in [0.2, 0.25) is 5.89 Å². The van der Waals surface area contributed by atoms with Gasteiger partial charge in [0.15, 0.2) is 0 Å². The second-order valence-electron chi connectivity index (χ2n) is 7.29. The van der Waals surface area contributed by atoms with Crippen molar-refractivity contribution in [3.8, 4) is 11.5 Å². The van der Waals surface area contributed by atoms with Crippen molar-refractivity contribution >= 4 is 38.4 Å². The number of carbonyl (C=O) groups excluding carboxylic acids is 1. The van der Waals surface area contributed by atoms with Gasteiger partial charge in [0.05, 0.1) is 6.54 Å². The van der Waals surface area contributed by atoms with Crippen LogP contribution in [0.3, 0.4) is 0 Å². The Kier molecular flexibility index (Phi) is 6.84. The van der Waals surface area contributed by atoms with E-state index in [1.807, 2.05) is 24.3 Å². The van der Waals surface area contributed by atoms with Crippen molar-refractivity contribution in [2.45, 2.75) is 12.7 Å². The SMILES string of the molecule is O=C(N1CCS(=O)CC1)N(Cc1ccc(-c2nnc(C(F)(F)F)o2)cc1)c1cccc(Br)c1. The fourth-order valence-electron chi connectivity index (χ4n) is 3.30. The molecule has 0 radical (unpaired) electrons. The lowest BCUT2D eigenvalue weighted by Crippen LogP contribution is -2.48. The normalized spacial score (nSPS) is 15.0. The molecule has 2 aromatic carbocycles. The Morgan fingerprint density at radius 1 is 1.12 bits per heavy atom. The van der Waals surface area contributed by atoms with Crippen LogP contribution in [0.25, 0.3) is 11.5 Å². The standard InChI is InChI=1S/C21H18BrF3N4O3S/c22-16-2-1-3-17(12-16)29(20(30)28-8-10-33(31)11-9-28)13-14-4-6-15(7-5-14)18-26-27-19(32-18)21(23,24)25/h1-7,12H,8-11,13H2. The van der Waals surface area contributed by atoms with Crippen LogP contribution in [0, 0.1) is 0 Å². The Hall–Kier alpha value is -2.73. The number of benzene rings is 2. The predicted octanol–water partition coefficient (Wildman–Crippen LogP) is 4.71. The zero-order valence-electron chi connectivity index (χ0n) is 17.1. The van der Waals surface area contributed by atoms with Crippen LogP contribution in [0.1, 0.15) is 11.5 Å². The summed E-state index contributed by atoms with van der Waals surface area (Å²) in [6.07, 6.45) is -4.71. The smallest absolute Gasteiger partial charge is 0.413 e. The zero-order chi connectivity index (χ0) is 23.6.